The highest BCUT2D eigenvalue weighted by Gasteiger charge is 2.20. The van der Waals surface area contributed by atoms with Gasteiger partial charge in [0.25, 0.3) is 5.91 Å². The van der Waals surface area contributed by atoms with Gasteiger partial charge in [-0.1, -0.05) is 18.2 Å². The summed E-state index contributed by atoms with van der Waals surface area (Å²) in [6, 6.07) is 15.1. The van der Waals surface area contributed by atoms with E-state index in [0.29, 0.717) is 28.4 Å². The molecule has 9 heteroatoms. The van der Waals surface area contributed by atoms with Crippen molar-refractivity contribution >= 4 is 40.4 Å². The number of anilines is 2. The maximum absolute atomic E-state index is 12.9. The van der Waals surface area contributed by atoms with E-state index in [4.69, 9.17) is 9.47 Å². The second-order valence-corrected chi connectivity index (χ2v) is 8.07. The zero-order valence-corrected chi connectivity index (χ0v) is 18.0. The Bertz CT molecular complexity index is 1150. The monoisotopic (exact) mass is 451 g/mol. The highest BCUT2D eigenvalue weighted by Crippen LogP contribution is 2.34. The van der Waals surface area contributed by atoms with Crippen LogP contribution in [0.5, 0.6) is 11.5 Å². The number of amides is 3. The molecule has 2 heterocycles. The average Bonchev–Trinajstić information content (AvgIpc) is 3.45. The predicted molar refractivity (Wildman–Crippen MR) is 121 cm³/mol. The van der Waals surface area contributed by atoms with E-state index in [-0.39, 0.29) is 30.9 Å². The maximum Gasteiger partial charge on any atom is 0.257 e. The van der Waals surface area contributed by atoms with Gasteiger partial charge in [-0.3, -0.25) is 14.4 Å². The molecule has 0 saturated heterocycles. The molecule has 1 aromatic heterocycles. The van der Waals surface area contributed by atoms with Crippen LogP contribution in [-0.2, 0) is 9.59 Å². The van der Waals surface area contributed by atoms with Crippen molar-refractivity contribution in [2.75, 3.05) is 17.4 Å². The summed E-state index contributed by atoms with van der Waals surface area (Å²) >= 11 is 1.46. The fraction of sp³-hybridized carbons (Fsp3) is 0.174. The van der Waals surface area contributed by atoms with Crippen LogP contribution in [0.25, 0.3) is 0 Å². The van der Waals surface area contributed by atoms with Crippen LogP contribution >= 0.6 is 11.3 Å². The molecule has 32 heavy (non-hydrogen) atoms. The SMILES string of the molecule is CC(=O)N[C@@H](CC(=O)Nc1ccccc1C(=O)Nc1ccc2c(c1)OCO2)c1cccs1. The molecular formula is C23H21N3O5S. The molecular weight excluding hydrogens is 430 g/mol. The van der Waals surface area contributed by atoms with Crippen LogP contribution in [-0.4, -0.2) is 24.5 Å². The normalized spacial score (nSPS) is 12.7. The molecule has 0 saturated carbocycles. The van der Waals surface area contributed by atoms with Gasteiger partial charge in [0, 0.05) is 23.6 Å². The lowest BCUT2D eigenvalue weighted by Crippen LogP contribution is -2.29. The smallest absolute Gasteiger partial charge is 0.257 e. The van der Waals surface area contributed by atoms with Gasteiger partial charge in [0.05, 0.1) is 23.7 Å². The van der Waals surface area contributed by atoms with Gasteiger partial charge in [-0.15, -0.1) is 11.3 Å². The van der Waals surface area contributed by atoms with Crippen molar-refractivity contribution < 1.29 is 23.9 Å². The number of fused-ring (bicyclic) bond motifs is 1. The van der Waals surface area contributed by atoms with E-state index >= 15 is 0 Å². The molecule has 0 unspecified atom stereocenters. The fourth-order valence-electron chi connectivity index (χ4n) is 3.31. The third-order valence-electron chi connectivity index (χ3n) is 4.73. The van der Waals surface area contributed by atoms with Gasteiger partial charge in [-0.05, 0) is 35.7 Å². The topological polar surface area (TPSA) is 106 Å². The molecule has 0 spiro atoms. The summed E-state index contributed by atoms with van der Waals surface area (Å²) in [6.45, 7) is 1.56. The number of hydrogen-bond acceptors (Lipinski definition) is 6. The molecule has 3 aromatic rings. The van der Waals surface area contributed by atoms with Gasteiger partial charge < -0.3 is 25.4 Å². The van der Waals surface area contributed by atoms with Crippen LogP contribution in [0.1, 0.15) is 34.6 Å². The molecule has 4 rings (SSSR count). The number of carbonyl (C=O) groups is 3. The zero-order valence-electron chi connectivity index (χ0n) is 17.2. The molecule has 0 radical (unpaired) electrons. The van der Waals surface area contributed by atoms with E-state index in [0.717, 1.165) is 4.88 Å². The van der Waals surface area contributed by atoms with Crippen LogP contribution in [0.4, 0.5) is 11.4 Å². The second-order valence-electron chi connectivity index (χ2n) is 7.09. The molecule has 1 aliphatic heterocycles. The summed E-state index contributed by atoms with van der Waals surface area (Å²) in [5, 5.41) is 10.3. The number of rotatable bonds is 7. The summed E-state index contributed by atoms with van der Waals surface area (Å²) in [7, 11) is 0. The third-order valence-corrected chi connectivity index (χ3v) is 5.72. The molecule has 2 aromatic carbocycles. The van der Waals surface area contributed by atoms with Gasteiger partial charge in [-0.25, -0.2) is 0 Å². The van der Waals surface area contributed by atoms with E-state index in [1.54, 1.807) is 42.5 Å². The fourth-order valence-corrected chi connectivity index (χ4v) is 4.09. The first-order valence-corrected chi connectivity index (χ1v) is 10.8. The number of carbonyl (C=O) groups excluding carboxylic acids is 3. The first-order chi connectivity index (χ1) is 15.5. The molecule has 3 amide bonds. The van der Waals surface area contributed by atoms with Crippen molar-refractivity contribution in [3.8, 4) is 11.5 Å². The highest BCUT2D eigenvalue weighted by atomic mass is 32.1. The van der Waals surface area contributed by atoms with Gasteiger partial charge in [0.2, 0.25) is 18.6 Å². The van der Waals surface area contributed by atoms with Gasteiger partial charge in [-0.2, -0.15) is 0 Å². The minimum absolute atomic E-state index is 0.0399. The van der Waals surface area contributed by atoms with Crippen LogP contribution in [0.3, 0.4) is 0 Å². The minimum Gasteiger partial charge on any atom is -0.454 e. The molecule has 0 aliphatic carbocycles. The summed E-state index contributed by atoms with van der Waals surface area (Å²) in [4.78, 5) is 38.1. The Labute approximate surface area is 188 Å². The largest absolute Gasteiger partial charge is 0.454 e. The number of benzene rings is 2. The predicted octanol–water partition coefficient (Wildman–Crippen LogP) is 3.94. The molecule has 1 aliphatic rings. The standard InChI is InChI=1S/C23H21N3O5S/c1-14(27)24-18(21-7-4-10-32-21)12-22(28)26-17-6-3-2-5-16(17)23(29)25-15-8-9-19-20(11-15)31-13-30-19/h2-11,18H,12-13H2,1H3,(H,24,27)(H,25,29)(H,26,28)/t18-/m0/s1. The van der Waals surface area contributed by atoms with Crippen molar-refractivity contribution in [2.45, 2.75) is 19.4 Å². The molecule has 0 fully saturated rings. The van der Waals surface area contributed by atoms with Crippen LogP contribution < -0.4 is 25.4 Å². The van der Waals surface area contributed by atoms with Gasteiger partial charge >= 0.3 is 0 Å². The number of para-hydroxylation sites is 1. The van der Waals surface area contributed by atoms with Crippen LogP contribution in [0, 0.1) is 0 Å². The van der Waals surface area contributed by atoms with Crippen molar-refractivity contribution in [3.05, 3.63) is 70.4 Å². The molecule has 0 bridgehead atoms. The highest BCUT2D eigenvalue weighted by molar-refractivity contribution is 7.10. The van der Waals surface area contributed by atoms with Crippen molar-refractivity contribution in [1.29, 1.82) is 0 Å². The Morgan fingerprint density at radius 1 is 1.00 bits per heavy atom. The van der Waals surface area contributed by atoms with Gasteiger partial charge in [0.1, 0.15) is 0 Å². The van der Waals surface area contributed by atoms with Crippen molar-refractivity contribution in [1.82, 2.24) is 5.32 Å². The van der Waals surface area contributed by atoms with Crippen LogP contribution in [0.15, 0.2) is 60.0 Å². The molecule has 1 atom stereocenters. The average molecular weight is 452 g/mol. The molecule has 8 nitrogen and oxygen atoms in total. The maximum atomic E-state index is 12.9. The van der Waals surface area contributed by atoms with E-state index in [9.17, 15) is 14.4 Å². The third kappa shape index (κ3) is 5.06. The zero-order chi connectivity index (χ0) is 22.5. The Balaban J connectivity index is 1.46. The van der Waals surface area contributed by atoms with E-state index in [2.05, 4.69) is 16.0 Å². The summed E-state index contributed by atoms with van der Waals surface area (Å²) in [6.07, 6.45) is 0.0399. The second kappa shape index (κ2) is 9.52. The summed E-state index contributed by atoms with van der Waals surface area (Å²) in [5.74, 6) is 0.258. The number of hydrogen-bond donors (Lipinski definition) is 3. The Morgan fingerprint density at radius 2 is 1.81 bits per heavy atom. The van der Waals surface area contributed by atoms with E-state index < -0.39 is 6.04 Å². The Hall–Kier alpha value is -3.85. The summed E-state index contributed by atoms with van der Waals surface area (Å²) in [5.41, 5.74) is 1.23. The quantitative estimate of drug-likeness (QED) is 0.505. The van der Waals surface area contributed by atoms with Crippen molar-refractivity contribution in [3.63, 3.8) is 0 Å². The Kier molecular flexibility index (Phi) is 6.37. The molecule has 3 N–H and O–H groups in total. The lowest BCUT2D eigenvalue weighted by atomic mass is 10.1. The Morgan fingerprint density at radius 3 is 2.59 bits per heavy atom. The molecule has 164 valence electrons. The summed E-state index contributed by atoms with van der Waals surface area (Å²) < 4.78 is 10.6. The number of ether oxygens (including phenoxy) is 2. The lowest BCUT2D eigenvalue weighted by Gasteiger charge is -2.17. The number of thiophene rings is 1. The van der Waals surface area contributed by atoms with Gasteiger partial charge in [0.15, 0.2) is 11.5 Å². The first kappa shape index (κ1) is 21.4. The minimum atomic E-state index is -0.442. The van der Waals surface area contributed by atoms with E-state index in [1.165, 1.54) is 18.3 Å². The van der Waals surface area contributed by atoms with Crippen molar-refractivity contribution in [2.24, 2.45) is 0 Å². The number of nitrogens with one attached hydrogen (secondary N) is 3. The van der Waals surface area contributed by atoms with Crippen LogP contribution in [0.2, 0.25) is 0 Å². The van der Waals surface area contributed by atoms with E-state index in [1.807, 2.05) is 17.5 Å². The lowest BCUT2D eigenvalue weighted by molar-refractivity contribution is -0.120. The first-order valence-electron chi connectivity index (χ1n) is 9.90.